The maximum atomic E-state index is 9.01. The zero-order valence-electron chi connectivity index (χ0n) is 13.4. The fraction of sp³-hybridized carbons (Fsp3) is 0.235. The van der Waals surface area contributed by atoms with E-state index in [2.05, 4.69) is 29.0 Å². The minimum absolute atomic E-state index is 0.431. The van der Waals surface area contributed by atoms with Crippen LogP contribution in [0.5, 0.6) is 0 Å². The molecule has 3 rings (SSSR count). The van der Waals surface area contributed by atoms with Crippen molar-refractivity contribution < 1.29 is 0 Å². The van der Waals surface area contributed by atoms with Crippen LogP contribution in [0.15, 0.2) is 30.7 Å². The van der Waals surface area contributed by atoms with E-state index in [0.717, 1.165) is 34.4 Å². The minimum Gasteiger partial charge on any atom is -0.397 e. The number of anilines is 3. The van der Waals surface area contributed by atoms with Crippen molar-refractivity contribution in [3.05, 3.63) is 42.0 Å². The molecule has 0 atom stereocenters. The molecule has 0 radical (unpaired) electrons. The number of hydrogen-bond donors (Lipinski definition) is 1. The van der Waals surface area contributed by atoms with Crippen LogP contribution in [0.1, 0.15) is 18.2 Å². The molecule has 0 spiro atoms. The van der Waals surface area contributed by atoms with Gasteiger partial charge in [-0.25, -0.2) is 9.97 Å². The number of imidazole rings is 1. The molecule has 0 saturated heterocycles. The first-order valence-corrected chi connectivity index (χ1v) is 7.38. The molecule has 6 heteroatoms. The summed E-state index contributed by atoms with van der Waals surface area (Å²) in [5, 5.41) is 9.01. The highest BCUT2D eigenvalue weighted by Gasteiger charge is 2.13. The van der Waals surface area contributed by atoms with Crippen LogP contribution in [0.4, 0.5) is 17.1 Å². The summed E-state index contributed by atoms with van der Waals surface area (Å²) in [6.07, 6.45) is 4.31. The maximum Gasteiger partial charge on any atom is 0.140 e. The normalized spacial score (nSPS) is 10.7. The molecule has 0 unspecified atom stereocenters. The molecule has 0 aliphatic carbocycles. The fourth-order valence-electron chi connectivity index (χ4n) is 2.71. The number of pyridine rings is 1. The lowest BCUT2D eigenvalue weighted by atomic mass is 10.1. The van der Waals surface area contributed by atoms with E-state index in [1.807, 2.05) is 35.7 Å². The van der Waals surface area contributed by atoms with Crippen molar-refractivity contribution in [3.8, 4) is 6.07 Å². The molecule has 2 N–H and O–H groups in total. The number of nitriles is 1. The van der Waals surface area contributed by atoms with E-state index in [4.69, 9.17) is 11.0 Å². The molecule has 116 valence electrons. The lowest BCUT2D eigenvalue weighted by Crippen LogP contribution is -2.13. The number of fused-ring (bicyclic) bond motifs is 1. The van der Waals surface area contributed by atoms with Crippen molar-refractivity contribution in [2.75, 3.05) is 17.7 Å². The average molecular weight is 306 g/mol. The Bertz CT molecular complexity index is 919. The smallest absolute Gasteiger partial charge is 0.140 e. The van der Waals surface area contributed by atoms with Crippen molar-refractivity contribution in [3.63, 3.8) is 0 Å². The molecule has 6 nitrogen and oxygen atoms in total. The Morgan fingerprint density at radius 3 is 2.78 bits per heavy atom. The number of benzene rings is 1. The SMILES string of the molecule is CCc1cc(C#N)ncc1N(C)c1cc(N)c2ncn(C)c2c1. The molecule has 3 aromatic rings. The Hall–Kier alpha value is -3.07. The Morgan fingerprint density at radius 2 is 2.09 bits per heavy atom. The lowest BCUT2D eigenvalue weighted by Gasteiger charge is -2.22. The molecular formula is C17H18N6. The second-order valence-corrected chi connectivity index (χ2v) is 5.48. The van der Waals surface area contributed by atoms with Crippen LogP contribution in [0.3, 0.4) is 0 Å². The van der Waals surface area contributed by atoms with Crippen LogP contribution in [0.25, 0.3) is 11.0 Å². The van der Waals surface area contributed by atoms with Crippen molar-refractivity contribution in [2.45, 2.75) is 13.3 Å². The number of nitrogens with zero attached hydrogens (tertiary/aromatic N) is 5. The molecule has 0 aliphatic rings. The van der Waals surface area contributed by atoms with Gasteiger partial charge in [-0.2, -0.15) is 5.26 Å². The molecule has 2 heterocycles. The number of hydrogen-bond acceptors (Lipinski definition) is 5. The number of aromatic nitrogens is 3. The maximum absolute atomic E-state index is 9.01. The lowest BCUT2D eigenvalue weighted by molar-refractivity contribution is 0.947. The molecular weight excluding hydrogens is 288 g/mol. The molecule has 0 amide bonds. The number of aryl methyl sites for hydroxylation is 2. The van der Waals surface area contributed by atoms with Crippen LogP contribution in [-0.2, 0) is 13.5 Å². The molecule has 23 heavy (non-hydrogen) atoms. The molecule has 0 fully saturated rings. The number of nitrogens with two attached hydrogens (primary N) is 1. The summed E-state index contributed by atoms with van der Waals surface area (Å²) in [4.78, 5) is 10.5. The van der Waals surface area contributed by atoms with Crippen LogP contribution < -0.4 is 10.6 Å². The van der Waals surface area contributed by atoms with Gasteiger partial charge in [-0.3, -0.25) is 0 Å². The van der Waals surface area contributed by atoms with E-state index in [1.165, 1.54) is 0 Å². The van der Waals surface area contributed by atoms with Crippen molar-refractivity contribution >= 4 is 28.1 Å². The Morgan fingerprint density at radius 1 is 1.30 bits per heavy atom. The van der Waals surface area contributed by atoms with Gasteiger partial charge in [0.1, 0.15) is 17.3 Å². The van der Waals surface area contributed by atoms with Crippen molar-refractivity contribution in [1.29, 1.82) is 5.26 Å². The Balaban J connectivity index is 2.12. The molecule has 0 saturated carbocycles. The summed E-state index contributed by atoms with van der Waals surface area (Å²) < 4.78 is 1.95. The second kappa shape index (κ2) is 5.61. The largest absolute Gasteiger partial charge is 0.397 e. The summed E-state index contributed by atoms with van der Waals surface area (Å²) >= 11 is 0. The number of nitrogen functional groups attached to an aromatic ring is 1. The third-order valence-corrected chi connectivity index (χ3v) is 4.05. The first kappa shape index (κ1) is 14.9. The van der Waals surface area contributed by atoms with E-state index >= 15 is 0 Å². The fourth-order valence-corrected chi connectivity index (χ4v) is 2.71. The number of rotatable bonds is 3. The van der Waals surface area contributed by atoms with Crippen LogP contribution in [-0.4, -0.2) is 21.6 Å². The summed E-state index contributed by atoms with van der Waals surface area (Å²) in [6.45, 7) is 2.06. The van der Waals surface area contributed by atoms with Gasteiger partial charge in [-0.05, 0) is 30.2 Å². The third-order valence-electron chi connectivity index (χ3n) is 4.05. The first-order chi connectivity index (χ1) is 11.0. The van der Waals surface area contributed by atoms with Crippen LogP contribution in [0, 0.1) is 11.3 Å². The highest BCUT2D eigenvalue weighted by molar-refractivity contribution is 5.92. The zero-order valence-corrected chi connectivity index (χ0v) is 13.4. The monoisotopic (exact) mass is 306 g/mol. The van der Waals surface area contributed by atoms with E-state index < -0.39 is 0 Å². The van der Waals surface area contributed by atoms with Gasteiger partial charge in [-0.1, -0.05) is 6.92 Å². The predicted molar refractivity (Wildman–Crippen MR) is 91.5 cm³/mol. The van der Waals surface area contributed by atoms with E-state index in [1.54, 1.807) is 12.5 Å². The second-order valence-electron chi connectivity index (χ2n) is 5.48. The van der Waals surface area contributed by atoms with Crippen LogP contribution in [0.2, 0.25) is 0 Å². The minimum atomic E-state index is 0.431. The molecule has 1 aromatic carbocycles. The van der Waals surface area contributed by atoms with Gasteiger partial charge in [-0.15, -0.1) is 0 Å². The third kappa shape index (κ3) is 2.46. The summed E-state index contributed by atoms with van der Waals surface area (Å²) in [5.74, 6) is 0. The Kier molecular flexibility index (Phi) is 3.62. The molecule has 0 aliphatic heterocycles. The topological polar surface area (TPSA) is 83.8 Å². The molecule has 0 bridgehead atoms. The van der Waals surface area contributed by atoms with Gasteiger partial charge in [0.25, 0.3) is 0 Å². The summed E-state index contributed by atoms with van der Waals surface area (Å²) in [6, 6.07) is 7.88. The van der Waals surface area contributed by atoms with Crippen molar-refractivity contribution in [1.82, 2.24) is 14.5 Å². The van der Waals surface area contributed by atoms with E-state index in [0.29, 0.717) is 11.4 Å². The standard InChI is InChI=1S/C17H18N6/c1-4-11-5-12(8-18)20-9-16(11)23(3)13-6-14(19)17-15(7-13)22(2)10-21-17/h5-7,9-10H,4,19H2,1-3H3. The first-order valence-electron chi connectivity index (χ1n) is 7.38. The Labute approximate surface area is 134 Å². The predicted octanol–water partition coefficient (Wildman–Crippen LogP) is 2.75. The van der Waals surface area contributed by atoms with Gasteiger partial charge in [0, 0.05) is 19.8 Å². The van der Waals surface area contributed by atoms with Gasteiger partial charge >= 0.3 is 0 Å². The van der Waals surface area contributed by atoms with Gasteiger partial charge in [0.2, 0.25) is 0 Å². The highest BCUT2D eigenvalue weighted by atomic mass is 15.1. The molecule has 2 aromatic heterocycles. The zero-order chi connectivity index (χ0) is 16.6. The summed E-state index contributed by atoms with van der Waals surface area (Å²) in [7, 11) is 3.92. The van der Waals surface area contributed by atoms with Gasteiger partial charge in [0.15, 0.2) is 0 Å². The van der Waals surface area contributed by atoms with Crippen molar-refractivity contribution in [2.24, 2.45) is 7.05 Å². The van der Waals surface area contributed by atoms with E-state index in [-0.39, 0.29) is 0 Å². The van der Waals surface area contributed by atoms with Gasteiger partial charge < -0.3 is 15.2 Å². The average Bonchev–Trinajstić information content (AvgIpc) is 2.95. The van der Waals surface area contributed by atoms with Gasteiger partial charge in [0.05, 0.1) is 29.4 Å². The van der Waals surface area contributed by atoms with Crippen LogP contribution >= 0.6 is 0 Å². The highest BCUT2D eigenvalue weighted by Crippen LogP contribution is 2.32. The quantitative estimate of drug-likeness (QED) is 0.752. The summed E-state index contributed by atoms with van der Waals surface area (Å²) in [5.41, 5.74) is 12.0. The van der Waals surface area contributed by atoms with E-state index in [9.17, 15) is 0 Å².